The van der Waals surface area contributed by atoms with Crippen LogP contribution in [-0.4, -0.2) is 41.8 Å². The Bertz CT molecular complexity index is 508. The Morgan fingerprint density at radius 3 is 1.96 bits per heavy atom. The van der Waals surface area contributed by atoms with Gasteiger partial charge < -0.3 is 0 Å². The van der Waals surface area contributed by atoms with Gasteiger partial charge in [0.15, 0.2) is 0 Å². The third-order valence-electron chi connectivity index (χ3n) is 3.99. The fourth-order valence-electron chi connectivity index (χ4n) is 3.31. The molecule has 2 aliphatic rings. The maximum absolute atomic E-state index is 13.6. The molecule has 0 amide bonds. The van der Waals surface area contributed by atoms with E-state index in [1.807, 2.05) is 0 Å². The third kappa shape index (κ3) is 2.54. The zero-order valence-electron chi connectivity index (χ0n) is 12.3. The van der Waals surface area contributed by atoms with Crippen LogP contribution in [0.2, 0.25) is 0 Å². The average Bonchev–Trinajstić information content (AvgIpc) is 2.95. The van der Waals surface area contributed by atoms with Crippen LogP contribution in [0.15, 0.2) is 12.2 Å². The lowest BCUT2D eigenvalue weighted by atomic mass is 9.84. The van der Waals surface area contributed by atoms with Crippen molar-refractivity contribution in [2.45, 2.75) is 44.2 Å². The molecule has 0 aromatic carbocycles. The van der Waals surface area contributed by atoms with Gasteiger partial charge in [-0.05, 0) is 20.3 Å². The van der Waals surface area contributed by atoms with E-state index >= 15 is 0 Å². The van der Waals surface area contributed by atoms with Crippen molar-refractivity contribution in [2.75, 3.05) is 13.2 Å². The van der Waals surface area contributed by atoms with E-state index in [1.165, 1.54) is 19.9 Å². The zero-order chi connectivity index (χ0) is 17.7. The smallest absolute Gasteiger partial charge is 0.297 e. The lowest BCUT2D eigenvalue weighted by Crippen LogP contribution is -2.68. The van der Waals surface area contributed by atoms with Gasteiger partial charge >= 0.3 is 20.1 Å². The van der Waals surface area contributed by atoms with Crippen LogP contribution in [0, 0.1) is 5.92 Å². The van der Waals surface area contributed by atoms with Crippen LogP contribution in [0.25, 0.3) is 0 Å². The second-order valence-corrected chi connectivity index (χ2v) is 7.09. The molecule has 11 heteroatoms. The van der Waals surface area contributed by atoms with Crippen LogP contribution in [0.4, 0.5) is 26.3 Å². The van der Waals surface area contributed by atoms with E-state index in [0.29, 0.717) is 0 Å². The Balaban J connectivity index is 2.68. The van der Waals surface area contributed by atoms with Crippen molar-refractivity contribution in [3.8, 4) is 0 Å². The van der Waals surface area contributed by atoms with Gasteiger partial charge in [0.25, 0.3) is 0 Å². The van der Waals surface area contributed by atoms with Gasteiger partial charge in [-0.3, -0.25) is 9.05 Å². The van der Waals surface area contributed by atoms with Crippen LogP contribution in [0.1, 0.15) is 20.3 Å². The molecule has 1 fully saturated rings. The van der Waals surface area contributed by atoms with E-state index in [0.717, 1.165) is 6.08 Å². The number of hydrogen-bond donors (Lipinski definition) is 0. The molecule has 1 aliphatic heterocycles. The second-order valence-electron chi connectivity index (χ2n) is 5.21. The first-order valence-electron chi connectivity index (χ1n) is 6.96. The van der Waals surface area contributed by atoms with Crippen molar-refractivity contribution in [3.05, 3.63) is 12.2 Å². The molecule has 0 saturated carbocycles. The van der Waals surface area contributed by atoms with E-state index < -0.39 is 44.0 Å². The first-order valence-corrected chi connectivity index (χ1v) is 8.46. The van der Waals surface area contributed by atoms with E-state index in [1.54, 1.807) is 0 Å². The SMILES string of the molecule is CCOP(=O)(OCC)N1[C@H]2C=C[C@@H](C2)C1(C(F)(F)F)C(F)(F)F. The van der Waals surface area contributed by atoms with Crippen molar-refractivity contribution >= 4 is 7.75 Å². The minimum atomic E-state index is -5.70. The molecule has 0 aromatic heterocycles. The largest absolute Gasteiger partial charge is 0.416 e. The van der Waals surface area contributed by atoms with Gasteiger partial charge in [-0.2, -0.15) is 31.0 Å². The van der Waals surface area contributed by atoms with Gasteiger partial charge in [-0.15, -0.1) is 0 Å². The number of alkyl halides is 6. The number of nitrogens with zero attached hydrogens (tertiary/aromatic N) is 1. The fourth-order valence-corrected chi connectivity index (χ4v) is 5.58. The molecule has 134 valence electrons. The molecule has 0 spiro atoms. The minimum absolute atomic E-state index is 0.127. The molecule has 0 aromatic rings. The monoisotopic (exact) mass is 367 g/mol. The van der Waals surface area contributed by atoms with Crippen LogP contribution in [0.3, 0.4) is 0 Å². The van der Waals surface area contributed by atoms with Crippen molar-refractivity contribution in [1.29, 1.82) is 0 Å². The molecular weight excluding hydrogens is 351 g/mol. The van der Waals surface area contributed by atoms with Crippen molar-refractivity contribution in [2.24, 2.45) is 5.92 Å². The summed E-state index contributed by atoms with van der Waals surface area (Å²) in [5.41, 5.74) is -4.28. The zero-order valence-corrected chi connectivity index (χ0v) is 13.2. The second kappa shape index (κ2) is 5.75. The van der Waals surface area contributed by atoms with Crippen molar-refractivity contribution in [1.82, 2.24) is 4.67 Å². The normalized spacial score (nSPS) is 27.8. The number of hydrogen-bond acceptors (Lipinski definition) is 3. The summed E-state index contributed by atoms with van der Waals surface area (Å²) in [4.78, 5) is 0. The standard InChI is InChI=1S/C12H16F6NO3P/c1-3-21-23(20,22-4-2)19-9-6-5-8(7-9)10(19,11(13,14)15)12(16,17)18/h5-6,8-9H,3-4,7H2,1-2H3/t8-,9-/m0/s1. The molecule has 0 radical (unpaired) electrons. The Morgan fingerprint density at radius 2 is 1.57 bits per heavy atom. The van der Waals surface area contributed by atoms with E-state index in [4.69, 9.17) is 9.05 Å². The van der Waals surface area contributed by atoms with Crippen LogP contribution in [-0.2, 0) is 13.6 Å². The van der Waals surface area contributed by atoms with Gasteiger partial charge in [-0.1, -0.05) is 12.2 Å². The van der Waals surface area contributed by atoms with Crippen LogP contribution >= 0.6 is 7.75 Å². The highest BCUT2D eigenvalue weighted by molar-refractivity contribution is 7.51. The quantitative estimate of drug-likeness (QED) is 0.413. The highest BCUT2D eigenvalue weighted by atomic mass is 31.2. The van der Waals surface area contributed by atoms with Gasteiger partial charge in [-0.25, -0.2) is 4.57 Å². The molecule has 0 N–H and O–H groups in total. The third-order valence-corrected chi connectivity index (χ3v) is 6.29. The van der Waals surface area contributed by atoms with Gasteiger partial charge in [0.2, 0.25) is 5.54 Å². The lowest BCUT2D eigenvalue weighted by Gasteiger charge is -2.47. The summed E-state index contributed by atoms with van der Waals surface area (Å²) in [6.07, 6.45) is -9.77. The molecule has 1 aliphatic carbocycles. The number of rotatable bonds is 5. The van der Waals surface area contributed by atoms with Crippen molar-refractivity contribution in [3.63, 3.8) is 0 Å². The summed E-state index contributed by atoms with van der Waals surface area (Å²) >= 11 is 0. The molecule has 4 nitrogen and oxygen atoms in total. The first kappa shape index (κ1) is 18.8. The number of halogens is 6. The number of fused-ring (bicyclic) bond motifs is 2. The molecule has 0 unspecified atom stereocenters. The van der Waals surface area contributed by atoms with Gasteiger partial charge in [0.05, 0.1) is 13.2 Å². The summed E-state index contributed by atoms with van der Waals surface area (Å²) < 4.78 is 104. The predicted molar refractivity (Wildman–Crippen MR) is 68.6 cm³/mol. The highest BCUT2D eigenvalue weighted by Gasteiger charge is 2.83. The Hall–Kier alpha value is -0.570. The average molecular weight is 367 g/mol. The Morgan fingerprint density at radius 1 is 1.09 bits per heavy atom. The molecule has 1 saturated heterocycles. The summed E-state index contributed by atoms with van der Waals surface area (Å²) in [5, 5.41) is 0. The lowest BCUT2D eigenvalue weighted by molar-refractivity contribution is -0.334. The van der Waals surface area contributed by atoms with Gasteiger partial charge in [0, 0.05) is 12.0 Å². The molecule has 2 bridgehead atoms. The fraction of sp³-hybridized carbons (Fsp3) is 0.833. The van der Waals surface area contributed by atoms with Gasteiger partial charge in [0.1, 0.15) is 0 Å². The van der Waals surface area contributed by atoms with Crippen molar-refractivity contribution < 1.29 is 40.0 Å². The van der Waals surface area contributed by atoms with E-state index in [9.17, 15) is 30.9 Å². The summed E-state index contributed by atoms with van der Waals surface area (Å²) in [6.45, 7) is 1.94. The summed E-state index contributed by atoms with van der Waals surface area (Å²) in [7, 11) is -4.78. The van der Waals surface area contributed by atoms with Crippen LogP contribution < -0.4 is 0 Å². The summed E-state index contributed by atoms with van der Waals surface area (Å²) in [6, 6.07) is -1.31. The molecular formula is C12H16F6NO3P. The molecule has 2 rings (SSSR count). The Kier molecular flexibility index (Phi) is 4.69. The molecule has 2 atom stereocenters. The summed E-state index contributed by atoms with van der Waals surface area (Å²) in [5.74, 6) is -1.89. The first-order chi connectivity index (χ1) is 10.5. The molecule has 1 heterocycles. The molecule has 23 heavy (non-hydrogen) atoms. The topological polar surface area (TPSA) is 38.8 Å². The van der Waals surface area contributed by atoms with E-state index in [-0.39, 0.29) is 17.9 Å². The van der Waals surface area contributed by atoms with E-state index in [2.05, 4.69) is 0 Å². The minimum Gasteiger partial charge on any atom is -0.297 e. The highest BCUT2D eigenvalue weighted by Crippen LogP contribution is 2.70. The Labute approximate surface area is 129 Å². The van der Waals surface area contributed by atoms with Crippen LogP contribution in [0.5, 0.6) is 0 Å². The maximum atomic E-state index is 13.6. The maximum Gasteiger partial charge on any atom is 0.416 e. The predicted octanol–water partition coefficient (Wildman–Crippen LogP) is 4.29.